The Morgan fingerprint density at radius 3 is 2.10 bits per heavy atom. The number of methoxy groups -OCH3 is 1. The molecule has 0 spiro atoms. The normalized spacial score (nSPS) is 8.10. The van der Waals surface area contributed by atoms with Crippen molar-refractivity contribution >= 4 is 5.69 Å². The van der Waals surface area contributed by atoms with E-state index in [0.29, 0.717) is 0 Å². The fraction of sp³-hybridized carbons (Fsp3) is 0.250. The number of nitrogens with two attached hydrogens (primary N) is 1. The van der Waals surface area contributed by atoms with Crippen molar-refractivity contribution in [2.45, 2.75) is 7.43 Å². The number of nitrogen functional groups attached to an aromatic ring is 1. The molecule has 1 aromatic carbocycles. The van der Waals surface area contributed by atoms with Crippen molar-refractivity contribution in [2.75, 3.05) is 12.8 Å². The lowest BCUT2D eigenvalue weighted by Gasteiger charge is -1.97. The minimum Gasteiger partial charge on any atom is -0.497 e. The number of hydrogen-bond donors (Lipinski definition) is 1. The molecule has 0 radical (unpaired) electrons. The molecule has 0 heterocycles. The third-order valence-corrected chi connectivity index (χ3v) is 1.12. The van der Waals surface area contributed by atoms with E-state index in [4.69, 9.17) is 10.5 Å². The summed E-state index contributed by atoms with van der Waals surface area (Å²) in [5.74, 6) is 0.837. The van der Waals surface area contributed by atoms with E-state index in [2.05, 4.69) is 0 Å². The zero-order chi connectivity index (χ0) is 6.69. The molecular weight excluding hydrogens is 126 g/mol. The molecule has 0 aliphatic carbocycles. The largest absolute Gasteiger partial charge is 0.497 e. The van der Waals surface area contributed by atoms with Gasteiger partial charge in [-0.05, 0) is 24.3 Å². The van der Waals surface area contributed by atoms with Crippen LogP contribution in [0.5, 0.6) is 5.75 Å². The molecule has 1 rings (SSSR count). The summed E-state index contributed by atoms with van der Waals surface area (Å²) >= 11 is 0. The Bertz CT molecular complexity index is 181. The summed E-state index contributed by atoms with van der Waals surface area (Å²) in [6.07, 6.45) is 0. The fourth-order valence-electron chi connectivity index (χ4n) is 0.604. The molecule has 2 nitrogen and oxygen atoms in total. The van der Waals surface area contributed by atoms with Crippen LogP contribution in [0.15, 0.2) is 24.3 Å². The predicted octanol–water partition coefficient (Wildman–Crippen LogP) is 1.91. The molecule has 56 valence electrons. The highest BCUT2D eigenvalue weighted by molar-refractivity contribution is 5.41. The van der Waals surface area contributed by atoms with Crippen LogP contribution in [0.3, 0.4) is 0 Å². The third kappa shape index (κ3) is 1.97. The van der Waals surface area contributed by atoms with Gasteiger partial charge in [0.2, 0.25) is 0 Å². The smallest absolute Gasteiger partial charge is 0.119 e. The zero-order valence-electron chi connectivity index (χ0n) is 5.29. The lowest BCUT2D eigenvalue weighted by molar-refractivity contribution is 0.415. The summed E-state index contributed by atoms with van der Waals surface area (Å²) in [6.45, 7) is 0. The molecule has 0 aromatic heterocycles. The lowest BCUT2D eigenvalue weighted by Crippen LogP contribution is -1.84. The minimum atomic E-state index is 0. The Labute approximate surface area is 61.6 Å². The maximum atomic E-state index is 5.43. The third-order valence-electron chi connectivity index (χ3n) is 1.12. The molecule has 0 unspecified atom stereocenters. The highest BCUT2D eigenvalue weighted by Crippen LogP contribution is 2.11. The van der Waals surface area contributed by atoms with Crippen molar-refractivity contribution < 1.29 is 4.74 Å². The van der Waals surface area contributed by atoms with Gasteiger partial charge in [-0.25, -0.2) is 0 Å². The molecule has 0 saturated carbocycles. The van der Waals surface area contributed by atoms with Gasteiger partial charge in [-0.3, -0.25) is 0 Å². The number of ether oxygens (including phenoxy) is 1. The maximum Gasteiger partial charge on any atom is 0.119 e. The summed E-state index contributed by atoms with van der Waals surface area (Å²) < 4.78 is 4.91. The van der Waals surface area contributed by atoms with Gasteiger partial charge in [-0.2, -0.15) is 0 Å². The van der Waals surface area contributed by atoms with E-state index in [0.717, 1.165) is 11.4 Å². The van der Waals surface area contributed by atoms with E-state index in [1.54, 1.807) is 19.2 Å². The van der Waals surface area contributed by atoms with Crippen molar-refractivity contribution in [2.24, 2.45) is 0 Å². The Morgan fingerprint density at radius 1 is 1.20 bits per heavy atom. The number of hydrogen-bond acceptors (Lipinski definition) is 2. The van der Waals surface area contributed by atoms with Crippen LogP contribution in [0.25, 0.3) is 0 Å². The predicted molar refractivity (Wildman–Crippen MR) is 44.1 cm³/mol. The van der Waals surface area contributed by atoms with Gasteiger partial charge < -0.3 is 10.5 Å². The molecule has 0 fully saturated rings. The number of rotatable bonds is 1. The van der Waals surface area contributed by atoms with Gasteiger partial charge in [0.15, 0.2) is 0 Å². The standard InChI is InChI=1S/C7H9NO.CH4/c1-9-7-4-2-6(8)3-5-7;/h2-5H,8H2,1H3;1H4. The minimum absolute atomic E-state index is 0. The molecule has 10 heavy (non-hydrogen) atoms. The zero-order valence-corrected chi connectivity index (χ0v) is 5.29. The highest BCUT2D eigenvalue weighted by atomic mass is 16.5. The second-order valence-corrected chi connectivity index (χ2v) is 1.77. The fourth-order valence-corrected chi connectivity index (χ4v) is 0.604. The van der Waals surface area contributed by atoms with Gasteiger partial charge in [0.05, 0.1) is 7.11 Å². The topological polar surface area (TPSA) is 35.2 Å². The van der Waals surface area contributed by atoms with Crippen molar-refractivity contribution in [1.82, 2.24) is 0 Å². The van der Waals surface area contributed by atoms with Crippen LogP contribution in [0.4, 0.5) is 5.69 Å². The summed E-state index contributed by atoms with van der Waals surface area (Å²) in [5.41, 5.74) is 6.19. The molecule has 0 aliphatic rings. The second-order valence-electron chi connectivity index (χ2n) is 1.77. The van der Waals surface area contributed by atoms with E-state index in [1.807, 2.05) is 12.1 Å². The van der Waals surface area contributed by atoms with Crippen LogP contribution in [0.2, 0.25) is 0 Å². The second kappa shape index (κ2) is 3.77. The van der Waals surface area contributed by atoms with Crippen molar-refractivity contribution in [3.63, 3.8) is 0 Å². The molecule has 0 saturated heterocycles. The van der Waals surface area contributed by atoms with Crippen LogP contribution in [-0.2, 0) is 0 Å². The van der Waals surface area contributed by atoms with Crippen LogP contribution in [-0.4, -0.2) is 7.11 Å². The van der Waals surface area contributed by atoms with Gasteiger partial charge in [0.25, 0.3) is 0 Å². The quantitative estimate of drug-likeness (QED) is 0.603. The van der Waals surface area contributed by atoms with Crippen molar-refractivity contribution in [3.05, 3.63) is 24.3 Å². The number of benzene rings is 1. The molecular formula is C8H13NO. The molecule has 1 aromatic rings. The Hall–Kier alpha value is -1.18. The van der Waals surface area contributed by atoms with Gasteiger partial charge in [0.1, 0.15) is 5.75 Å². The van der Waals surface area contributed by atoms with E-state index >= 15 is 0 Å². The molecule has 0 bridgehead atoms. The van der Waals surface area contributed by atoms with Crippen LogP contribution < -0.4 is 10.5 Å². The van der Waals surface area contributed by atoms with Crippen LogP contribution in [0, 0.1) is 0 Å². The Morgan fingerprint density at radius 2 is 1.70 bits per heavy atom. The molecule has 0 aliphatic heterocycles. The molecule has 0 amide bonds. The SMILES string of the molecule is C.COc1ccc(N)cc1. The summed E-state index contributed by atoms with van der Waals surface area (Å²) in [5, 5.41) is 0. The summed E-state index contributed by atoms with van der Waals surface area (Å²) in [6, 6.07) is 7.27. The molecule has 2 N–H and O–H groups in total. The van der Waals surface area contributed by atoms with E-state index in [1.165, 1.54) is 0 Å². The molecule has 0 atom stereocenters. The first-order chi connectivity index (χ1) is 4.33. The first-order valence-electron chi connectivity index (χ1n) is 2.72. The Balaban J connectivity index is 0.000000810. The van der Waals surface area contributed by atoms with Gasteiger partial charge >= 0.3 is 0 Å². The highest BCUT2D eigenvalue weighted by Gasteiger charge is 1.85. The van der Waals surface area contributed by atoms with Gasteiger partial charge in [-0.1, -0.05) is 7.43 Å². The number of anilines is 1. The van der Waals surface area contributed by atoms with Crippen molar-refractivity contribution in [3.8, 4) is 5.75 Å². The Kier molecular flexibility index (Phi) is 3.33. The van der Waals surface area contributed by atoms with Crippen LogP contribution >= 0.6 is 0 Å². The monoisotopic (exact) mass is 139 g/mol. The average Bonchev–Trinajstić information content (AvgIpc) is 1.90. The van der Waals surface area contributed by atoms with Crippen LogP contribution in [0.1, 0.15) is 7.43 Å². The lowest BCUT2D eigenvalue weighted by atomic mass is 10.3. The van der Waals surface area contributed by atoms with Crippen molar-refractivity contribution in [1.29, 1.82) is 0 Å². The van der Waals surface area contributed by atoms with Gasteiger partial charge in [0, 0.05) is 5.69 Å². The van der Waals surface area contributed by atoms with E-state index in [-0.39, 0.29) is 7.43 Å². The van der Waals surface area contributed by atoms with Gasteiger partial charge in [-0.15, -0.1) is 0 Å². The average molecular weight is 139 g/mol. The summed E-state index contributed by atoms with van der Waals surface area (Å²) in [7, 11) is 1.63. The summed E-state index contributed by atoms with van der Waals surface area (Å²) in [4.78, 5) is 0. The maximum absolute atomic E-state index is 5.43. The first-order valence-corrected chi connectivity index (χ1v) is 2.72. The molecule has 2 heteroatoms. The van der Waals surface area contributed by atoms with E-state index in [9.17, 15) is 0 Å². The van der Waals surface area contributed by atoms with E-state index < -0.39 is 0 Å². The first kappa shape index (κ1) is 8.82.